The first-order valence-corrected chi connectivity index (χ1v) is 6.04. The second-order valence-corrected chi connectivity index (χ2v) is 5.10. The summed E-state index contributed by atoms with van der Waals surface area (Å²) in [7, 11) is 2.54. The second kappa shape index (κ2) is 5.43. The number of ether oxygens (including phenoxy) is 2. The molecule has 19 heavy (non-hydrogen) atoms. The van der Waals surface area contributed by atoms with Crippen molar-refractivity contribution in [1.29, 1.82) is 0 Å². The zero-order chi connectivity index (χ0) is 14.7. The first-order chi connectivity index (χ1) is 8.82. The molecule has 0 atom stereocenters. The van der Waals surface area contributed by atoms with Gasteiger partial charge in [-0.1, -0.05) is 44.2 Å². The molecule has 0 spiro atoms. The number of benzene rings is 1. The van der Waals surface area contributed by atoms with Crippen molar-refractivity contribution in [1.82, 2.24) is 0 Å². The van der Waals surface area contributed by atoms with Crippen molar-refractivity contribution in [3.63, 3.8) is 0 Å². The molecular weight excluding hydrogens is 244 g/mol. The van der Waals surface area contributed by atoms with Crippen LogP contribution < -0.4 is 0 Å². The van der Waals surface area contributed by atoms with Gasteiger partial charge in [-0.3, -0.25) is 9.59 Å². The van der Waals surface area contributed by atoms with Crippen LogP contribution in [0.2, 0.25) is 0 Å². The first kappa shape index (κ1) is 15.2. The fraction of sp³-hybridized carbons (Fsp3) is 0.467. The van der Waals surface area contributed by atoms with E-state index in [1.54, 1.807) is 6.92 Å². The number of esters is 2. The summed E-state index contributed by atoms with van der Waals surface area (Å²) in [5.74, 6) is -1.21. The summed E-state index contributed by atoms with van der Waals surface area (Å²) in [6, 6.07) is 9.37. The monoisotopic (exact) mass is 264 g/mol. The maximum Gasteiger partial charge on any atom is 0.323 e. The van der Waals surface area contributed by atoms with Crippen LogP contribution in [0.25, 0.3) is 0 Å². The minimum absolute atomic E-state index is 0.604. The molecule has 1 aromatic rings. The van der Waals surface area contributed by atoms with Crippen LogP contribution in [-0.4, -0.2) is 26.2 Å². The fourth-order valence-electron chi connectivity index (χ4n) is 2.15. The van der Waals surface area contributed by atoms with Crippen molar-refractivity contribution in [2.24, 2.45) is 5.41 Å². The van der Waals surface area contributed by atoms with Gasteiger partial charge in [-0.05, 0) is 12.5 Å². The number of carbonyl (C=O) groups excluding carboxylic acids is 2. The highest BCUT2D eigenvalue weighted by Crippen LogP contribution is 2.43. The highest BCUT2D eigenvalue weighted by atomic mass is 16.5. The minimum Gasteiger partial charge on any atom is -0.468 e. The van der Waals surface area contributed by atoms with Gasteiger partial charge in [-0.25, -0.2) is 0 Å². The van der Waals surface area contributed by atoms with E-state index in [0.29, 0.717) is 0 Å². The van der Waals surface area contributed by atoms with Crippen molar-refractivity contribution >= 4 is 11.9 Å². The third-order valence-corrected chi connectivity index (χ3v) is 3.93. The highest BCUT2D eigenvalue weighted by molar-refractivity contribution is 6.01. The molecule has 104 valence electrons. The molecule has 0 fully saturated rings. The SMILES string of the molecule is COC(=O)C(C)(C(=O)OC)C(C)(C)c1ccccc1. The lowest BCUT2D eigenvalue weighted by Crippen LogP contribution is -2.52. The average molecular weight is 264 g/mol. The maximum atomic E-state index is 12.1. The average Bonchev–Trinajstić information content (AvgIpc) is 2.45. The molecule has 0 amide bonds. The number of rotatable bonds is 4. The van der Waals surface area contributed by atoms with Gasteiger partial charge in [0.2, 0.25) is 0 Å². The Hall–Kier alpha value is -1.84. The van der Waals surface area contributed by atoms with Crippen molar-refractivity contribution < 1.29 is 19.1 Å². The minimum atomic E-state index is -1.40. The van der Waals surface area contributed by atoms with Crippen LogP contribution in [0.15, 0.2) is 30.3 Å². The Morgan fingerprint density at radius 3 is 1.68 bits per heavy atom. The third-order valence-electron chi connectivity index (χ3n) is 3.93. The van der Waals surface area contributed by atoms with Crippen molar-refractivity contribution in [3.05, 3.63) is 35.9 Å². The fourth-order valence-corrected chi connectivity index (χ4v) is 2.15. The van der Waals surface area contributed by atoms with Gasteiger partial charge in [0.1, 0.15) is 0 Å². The van der Waals surface area contributed by atoms with E-state index < -0.39 is 22.8 Å². The van der Waals surface area contributed by atoms with E-state index in [9.17, 15) is 9.59 Å². The summed E-state index contributed by atoms with van der Waals surface area (Å²) >= 11 is 0. The zero-order valence-corrected chi connectivity index (χ0v) is 12.0. The predicted octanol–water partition coefficient (Wildman–Crippen LogP) is 2.32. The summed E-state index contributed by atoms with van der Waals surface area (Å²) < 4.78 is 9.61. The van der Waals surface area contributed by atoms with E-state index in [1.165, 1.54) is 14.2 Å². The Morgan fingerprint density at radius 2 is 1.32 bits per heavy atom. The van der Waals surface area contributed by atoms with Crippen LogP contribution in [0, 0.1) is 5.41 Å². The van der Waals surface area contributed by atoms with Crippen molar-refractivity contribution in [3.8, 4) is 0 Å². The lowest BCUT2D eigenvalue weighted by molar-refractivity contribution is -0.172. The van der Waals surface area contributed by atoms with Gasteiger partial charge in [0.15, 0.2) is 5.41 Å². The molecule has 0 aliphatic heterocycles. The predicted molar refractivity (Wildman–Crippen MR) is 71.6 cm³/mol. The summed E-state index contributed by atoms with van der Waals surface area (Å²) in [5.41, 5.74) is -1.29. The van der Waals surface area contributed by atoms with Crippen LogP contribution in [0.1, 0.15) is 26.3 Å². The van der Waals surface area contributed by atoms with Gasteiger partial charge in [0.25, 0.3) is 0 Å². The highest BCUT2D eigenvalue weighted by Gasteiger charge is 2.56. The largest absolute Gasteiger partial charge is 0.468 e. The summed E-state index contributed by atoms with van der Waals surface area (Å²) in [5, 5.41) is 0. The molecule has 0 aliphatic carbocycles. The smallest absolute Gasteiger partial charge is 0.323 e. The van der Waals surface area contributed by atoms with E-state index in [1.807, 2.05) is 44.2 Å². The Labute approximate surface area is 113 Å². The number of hydrogen-bond acceptors (Lipinski definition) is 4. The van der Waals surface area contributed by atoms with Gasteiger partial charge in [0, 0.05) is 5.41 Å². The molecular formula is C15H20O4. The zero-order valence-electron chi connectivity index (χ0n) is 12.0. The van der Waals surface area contributed by atoms with E-state index in [2.05, 4.69) is 0 Å². The summed E-state index contributed by atoms with van der Waals surface area (Å²) in [4.78, 5) is 24.3. The maximum absolute atomic E-state index is 12.1. The van der Waals surface area contributed by atoms with Crippen LogP contribution in [-0.2, 0) is 24.5 Å². The van der Waals surface area contributed by atoms with E-state index in [0.717, 1.165) is 5.56 Å². The van der Waals surface area contributed by atoms with E-state index in [4.69, 9.17) is 9.47 Å². The van der Waals surface area contributed by atoms with Crippen LogP contribution >= 0.6 is 0 Å². The Bertz CT molecular complexity index is 446. The standard InChI is InChI=1S/C15H20O4/c1-14(2,11-9-7-6-8-10-11)15(3,12(16)18-4)13(17)19-5/h6-10H,1-5H3. The molecule has 0 saturated carbocycles. The molecule has 4 nitrogen and oxygen atoms in total. The molecule has 0 bridgehead atoms. The molecule has 1 rings (SSSR count). The Kier molecular flexibility index (Phi) is 4.35. The Balaban J connectivity index is 3.40. The molecule has 0 radical (unpaired) electrons. The second-order valence-electron chi connectivity index (χ2n) is 5.10. The molecule has 0 aromatic heterocycles. The van der Waals surface area contributed by atoms with E-state index >= 15 is 0 Å². The van der Waals surface area contributed by atoms with Gasteiger partial charge < -0.3 is 9.47 Å². The Morgan fingerprint density at radius 1 is 0.895 bits per heavy atom. The normalized spacial score (nSPS) is 11.8. The molecule has 0 N–H and O–H groups in total. The van der Waals surface area contributed by atoms with Gasteiger partial charge in [-0.2, -0.15) is 0 Å². The number of methoxy groups -OCH3 is 2. The molecule has 0 aliphatic rings. The van der Waals surface area contributed by atoms with Crippen molar-refractivity contribution in [2.75, 3.05) is 14.2 Å². The number of hydrogen-bond donors (Lipinski definition) is 0. The van der Waals surface area contributed by atoms with Crippen LogP contribution in [0.5, 0.6) is 0 Å². The topological polar surface area (TPSA) is 52.6 Å². The summed E-state index contributed by atoms with van der Waals surface area (Å²) in [6.45, 7) is 5.21. The quantitative estimate of drug-likeness (QED) is 0.618. The van der Waals surface area contributed by atoms with Crippen molar-refractivity contribution in [2.45, 2.75) is 26.2 Å². The molecule has 0 heterocycles. The first-order valence-electron chi connectivity index (χ1n) is 6.04. The molecule has 0 unspecified atom stereocenters. The van der Waals surface area contributed by atoms with Gasteiger partial charge in [0.05, 0.1) is 14.2 Å². The van der Waals surface area contributed by atoms with E-state index in [-0.39, 0.29) is 0 Å². The van der Waals surface area contributed by atoms with Gasteiger partial charge >= 0.3 is 11.9 Å². The van der Waals surface area contributed by atoms with Crippen LogP contribution in [0.3, 0.4) is 0 Å². The number of carbonyl (C=O) groups is 2. The lowest BCUT2D eigenvalue weighted by atomic mass is 9.63. The van der Waals surface area contributed by atoms with Gasteiger partial charge in [-0.15, -0.1) is 0 Å². The third kappa shape index (κ3) is 2.35. The van der Waals surface area contributed by atoms with Crippen LogP contribution in [0.4, 0.5) is 0 Å². The summed E-state index contributed by atoms with van der Waals surface area (Å²) in [6.07, 6.45) is 0. The molecule has 1 aromatic carbocycles. The molecule has 4 heteroatoms. The lowest BCUT2D eigenvalue weighted by Gasteiger charge is -2.39. The molecule has 0 saturated heterocycles.